The Bertz CT molecular complexity index is 3900. The van der Waals surface area contributed by atoms with E-state index in [9.17, 15) is 19.2 Å². The van der Waals surface area contributed by atoms with Crippen molar-refractivity contribution in [2.45, 2.75) is 175 Å². The molecule has 4 fully saturated rings. The zero-order chi connectivity index (χ0) is 69.9. The maximum absolute atomic E-state index is 13.3. The molecule has 98 heavy (non-hydrogen) atoms. The molecule has 0 saturated heterocycles. The van der Waals surface area contributed by atoms with Crippen molar-refractivity contribution < 1.29 is 38.1 Å². The third-order valence-corrected chi connectivity index (χ3v) is 25.7. The number of carbonyl (C=O) groups excluding carboxylic acids is 4. The van der Waals surface area contributed by atoms with E-state index < -0.39 is 22.2 Å². The van der Waals surface area contributed by atoms with Gasteiger partial charge in [0.1, 0.15) is 0 Å². The molecule has 24 heteroatoms. The number of fused-ring (bicyclic) bond motifs is 12. The second-order valence-corrected chi connectivity index (χ2v) is 30.1. The maximum atomic E-state index is 13.3. The van der Waals surface area contributed by atoms with Crippen LogP contribution in [0.15, 0.2) is 92.8 Å². The highest BCUT2D eigenvalue weighted by atomic mass is 35.5. The Kier molecular flexibility index (Phi) is 17.5. The van der Waals surface area contributed by atoms with Gasteiger partial charge in [0.15, 0.2) is 57.4 Å². The summed E-state index contributed by atoms with van der Waals surface area (Å²) < 4.78 is 22.1. The fourth-order valence-corrected chi connectivity index (χ4v) is 20.1. The van der Waals surface area contributed by atoms with Crippen molar-refractivity contribution in [1.82, 2.24) is 19.6 Å². The van der Waals surface area contributed by atoms with Gasteiger partial charge in [0.2, 0.25) is 0 Å². The largest absolute Gasteiger partial charge is 0.381 e. The van der Waals surface area contributed by atoms with Crippen LogP contribution in [0, 0.1) is 34.8 Å². The van der Waals surface area contributed by atoms with Crippen molar-refractivity contribution in [2.24, 2.45) is 64.6 Å². The van der Waals surface area contributed by atoms with Crippen LogP contribution in [-0.2, 0) is 86.0 Å². The highest BCUT2D eigenvalue weighted by molar-refractivity contribution is 6.31. The molecule has 8 N–H and O–H groups in total. The van der Waals surface area contributed by atoms with Gasteiger partial charge in [0.25, 0.3) is 23.6 Å². The number of halogens is 2. The number of nitrogens with two attached hydrogens (primary N) is 4. The lowest BCUT2D eigenvalue weighted by Crippen LogP contribution is -2.51. The van der Waals surface area contributed by atoms with Gasteiger partial charge in [0.05, 0.1) is 37.6 Å². The third kappa shape index (κ3) is 9.86. The first-order valence-corrected chi connectivity index (χ1v) is 34.8. The van der Waals surface area contributed by atoms with Gasteiger partial charge in [-0.3, -0.25) is 38.8 Å². The number of carbonyl (C=O) groups is 4. The van der Waals surface area contributed by atoms with Gasteiger partial charge in [-0.25, -0.2) is 29.7 Å². The molecule has 0 bridgehead atoms. The van der Waals surface area contributed by atoms with Crippen LogP contribution in [0.5, 0.6) is 0 Å². The van der Waals surface area contributed by atoms with Gasteiger partial charge >= 0.3 is 0 Å². The number of guanidine groups is 4. The van der Waals surface area contributed by atoms with Crippen molar-refractivity contribution in [1.29, 1.82) is 0 Å². The number of hydrogen-bond donors (Lipinski definition) is 4. The first-order valence-electron chi connectivity index (χ1n) is 34.1. The Hall–Kier alpha value is -7.96. The average molecular weight is 1370 g/mol. The number of benzene rings is 4. The number of rotatable bonds is 4. The zero-order valence-electron chi connectivity index (χ0n) is 57.2. The van der Waals surface area contributed by atoms with Crippen LogP contribution in [0.1, 0.15) is 147 Å². The molecule has 4 aromatic rings. The first kappa shape index (κ1) is 68.6. The van der Waals surface area contributed by atoms with E-state index in [1.807, 2.05) is 72.8 Å². The summed E-state index contributed by atoms with van der Waals surface area (Å²) in [4.78, 5) is 85.3. The molecule has 4 atom stereocenters. The van der Waals surface area contributed by atoms with Gasteiger partial charge in [-0.15, -0.1) is 0 Å². The topological polar surface area (TPSA) is 280 Å². The first-order chi connectivity index (χ1) is 46.8. The van der Waals surface area contributed by atoms with E-state index in [2.05, 4.69) is 9.69 Å². The summed E-state index contributed by atoms with van der Waals surface area (Å²) in [7, 11) is 13.8. The number of nitrogens with zero attached hydrogens (tertiary/aromatic N) is 10. The molecule has 12 aliphatic rings. The van der Waals surface area contributed by atoms with Gasteiger partial charge in [-0.1, -0.05) is 71.7 Å². The number of methoxy groups -OCH3 is 4. The second kappa shape index (κ2) is 25.0. The molecule has 4 aromatic carbocycles. The SMILES string of the molecule is COC1CCC2(CC1)Cc1ccc(Cl)cc1[C@@]21N=C(N)N(C)C1=O.COC1CCC2(CC1)Cc1ccc(Cl)cc1[C@]21N=C(N)N(C)C1=O.[C-]#[N+]c1ccc2c(c1)C1(N=C(N)N(C)C1=O)C1(CCC(OC)CC1)C2.[C-]#[N+]c1ccc2c(c1)[C@]1(N=C(N)N(C)C1=O)C1(CCC(OC)CC1)C2. The number of likely N-dealkylation sites (N-methyl/N-ethyl adjacent to an activating group) is 4. The summed E-state index contributed by atoms with van der Waals surface area (Å²) in [6.45, 7) is 14.7. The Balaban J connectivity index is 0.000000118. The monoisotopic (exact) mass is 1370 g/mol. The lowest BCUT2D eigenvalue weighted by atomic mass is 9.61. The normalized spacial score (nSPS) is 34.3. The van der Waals surface area contributed by atoms with E-state index in [0.29, 0.717) is 33.3 Å². The molecule has 16 rings (SSSR count). The van der Waals surface area contributed by atoms with Crippen molar-refractivity contribution in [3.05, 3.63) is 150 Å². The molecule has 4 heterocycles. The summed E-state index contributed by atoms with van der Waals surface area (Å²) in [5.41, 5.74) is 28.6. The smallest absolute Gasteiger partial charge is 0.262 e. The number of aliphatic imine (C=N–C) groups is 4. The van der Waals surface area contributed by atoms with Crippen molar-refractivity contribution in [3.8, 4) is 0 Å². The van der Waals surface area contributed by atoms with Gasteiger partial charge in [-0.05, 0) is 197 Å². The van der Waals surface area contributed by atoms with E-state index in [0.717, 1.165) is 173 Å². The molecule has 4 aliphatic heterocycles. The van der Waals surface area contributed by atoms with Crippen LogP contribution in [0.3, 0.4) is 0 Å². The summed E-state index contributed by atoms with van der Waals surface area (Å²) in [6.07, 6.45) is 18.7. The highest BCUT2D eigenvalue weighted by Crippen LogP contribution is 2.66. The van der Waals surface area contributed by atoms with E-state index in [1.165, 1.54) is 19.6 Å². The van der Waals surface area contributed by atoms with Gasteiger partial charge < -0.3 is 41.9 Å². The van der Waals surface area contributed by atoms with Gasteiger partial charge in [-0.2, -0.15) is 0 Å². The van der Waals surface area contributed by atoms with Crippen LogP contribution in [-0.4, -0.2) is 148 Å². The minimum atomic E-state index is -0.986. The standard InChI is InChI=1S/2C19H22N4O2.2C18H22ClN3O2/c2*1-21-13-5-4-12-11-18(8-6-14(25-3)7-9-18)19(15(12)10-13)16(24)23(2)17(20)22-19;2*1-22-15(23)18(21-16(22)20)14-9-12(19)4-3-11(14)10-17(18)7-5-13(24-2)6-8-17/h2*4-5,10,14H,6-9,11H2,2-3H3,(H2,20,22);2*3-4,9,13H,5-8,10H2,1-2H3,(H2,20,21)/t14?,18?,19-;;2*13?,17?,18-/m1.10/s1. The summed E-state index contributed by atoms with van der Waals surface area (Å²) in [6, 6.07) is 23.0. The predicted octanol–water partition coefficient (Wildman–Crippen LogP) is 9.61. The van der Waals surface area contributed by atoms with Crippen molar-refractivity contribution in [3.63, 3.8) is 0 Å². The van der Waals surface area contributed by atoms with Crippen LogP contribution >= 0.6 is 23.2 Å². The maximum Gasteiger partial charge on any atom is 0.262 e. The average Bonchev–Trinajstić information content (AvgIpc) is 1.55. The summed E-state index contributed by atoms with van der Waals surface area (Å²) >= 11 is 12.5. The predicted molar refractivity (Wildman–Crippen MR) is 374 cm³/mol. The Morgan fingerprint density at radius 1 is 0.388 bits per heavy atom. The fourth-order valence-electron chi connectivity index (χ4n) is 19.8. The third-order valence-electron chi connectivity index (χ3n) is 25.2. The molecule has 22 nitrogen and oxygen atoms in total. The minimum Gasteiger partial charge on any atom is -0.381 e. The van der Waals surface area contributed by atoms with E-state index in [4.69, 9.17) is 98.2 Å². The lowest BCUT2D eigenvalue weighted by Gasteiger charge is -2.45. The van der Waals surface area contributed by atoms with Crippen molar-refractivity contribution >= 4 is 82.0 Å². The fraction of sp³-hybridized carbons (Fsp3) is 0.541. The lowest BCUT2D eigenvalue weighted by molar-refractivity contribution is -0.138. The van der Waals surface area contributed by atoms with Crippen LogP contribution in [0.2, 0.25) is 10.0 Å². The number of amides is 4. The Morgan fingerprint density at radius 3 is 0.796 bits per heavy atom. The summed E-state index contributed by atoms with van der Waals surface area (Å²) in [5, 5.41) is 1.26. The molecule has 8 aliphatic carbocycles. The molecular formula is C74H88Cl2N14O8. The van der Waals surface area contributed by atoms with Gasteiger partial charge in [0, 0.05) is 88.3 Å². The minimum absolute atomic E-state index is 0.0307. The quantitative estimate of drug-likeness (QED) is 0.139. The Morgan fingerprint density at radius 2 is 0.602 bits per heavy atom. The highest BCUT2D eigenvalue weighted by Gasteiger charge is 2.70. The Labute approximate surface area is 583 Å². The summed E-state index contributed by atoms with van der Waals surface area (Å²) in [5.74, 6) is 0.915. The molecule has 4 amide bonds. The zero-order valence-corrected chi connectivity index (χ0v) is 58.7. The number of ether oxygens (including phenoxy) is 4. The number of hydrogen-bond acceptors (Lipinski definition) is 16. The molecule has 1 unspecified atom stereocenters. The van der Waals surface area contributed by atoms with Crippen LogP contribution < -0.4 is 22.9 Å². The second-order valence-electron chi connectivity index (χ2n) is 29.3. The van der Waals surface area contributed by atoms with E-state index in [-0.39, 0.29) is 81.6 Å². The van der Waals surface area contributed by atoms with Crippen molar-refractivity contribution in [2.75, 3.05) is 56.6 Å². The van der Waals surface area contributed by atoms with E-state index >= 15 is 0 Å². The molecular weight excluding hydrogens is 1280 g/mol. The molecule has 0 radical (unpaired) electrons. The van der Waals surface area contributed by atoms with Crippen LogP contribution in [0.4, 0.5) is 11.4 Å². The molecule has 516 valence electrons. The van der Waals surface area contributed by atoms with E-state index in [1.54, 1.807) is 56.6 Å². The molecule has 8 spiro atoms. The molecule has 0 aromatic heterocycles. The van der Waals surface area contributed by atoms with Crippen LogP contribution in [0.25, 0.3) is 9.69 Å². The molecule has 4 saturated carbocycles.